The number of nitrogens with one attached hydrogen (secondary N) is 2. The summed E-state index contributed by atoms with van der Waals surface area (Å²) in [6, 6.07) is 21.1. The maximum absolute atomic E-state index is 12.1. The van der Waals surface area contributed by atoms with E-state index in [4.69, 9.17) is 21.7 Å². The Labute approximate surface area is 225 Å². The number of carbonyl (C=O) groups excluding carboxylic acids is 1. The number of aliphatic carboxylic acids is 1. The second-order valence-corrected chi connectivity index (χ2v) is 10.2. The van der Waals surface area contributed by atoms with Gasteiger partial charge in [-0.3, -0.25) is 9.59 Å². The third-order valence-corrected chi connectivity index (χ3v) is 6.98. The van der Waals surface area contributed by atoms with Crippen molar-refractivity contribution < 1.29 is 14.7 Å². The van der Waals surface area contributed by atoms with E-state index in [0.29, 0.717) is 17.1 Å². The molecule has 4 rings (SSSR count). The number of hydrogen-bond donors (Lipinski definition) is 3. The minimum atomic E-state index is -0.944. The number of carboxylic acids is 1. The summed E-state index contributed by atoms with van der Waals surface area (Å²) in [5.41, 5.74) is 5.42. The number of anilines is 1. The first-order valence-electron chi connectivity index (χ1n) is 10.7. The van der Waals surface area contributed by atoms with Crippen molar-refractivity contribution in [2.45, 2.75) is 13.0 Å². The maximum atomic E-state index is 12.1. The van der Waals surface area contributed by atoms with Crippen LogP contribution in [0.5, 0.6) is 0 Å². The first-order valence-corrected chi connectivity index (χ1v) is 13.1. The quantitative estimate of drug-likeness (QED) is 0.185. The summed E-state index contributed by atoms with van der Waals surface area (Å²) >= 11 is 9.90. The molecular weight excluding hydrogens is 597 g/mol. The van der Waals surface area contributed by atoms with E-state index >= 15 is 0 Å². The molecule has 9 heteroatoms. The van der Waals surface area contributed by atoms with Crippen LogP contribution in [0.15, 0.2) is 72.1 Å². The highest BCUT2D eigenvalue weighted by Gasteiger charge is 2.12. The van der Waals surface area contributed by atoms with E-state index in [1.165, 1.54) is 0 Å². The summed E-state index contributed by atoms with van der Waals surface area (Å²) in [5, 5.41) is 18.4. The molecule has 0 saturated carbocycles. The number of halogens is 2. The number of nitrogens with zero attached hydrogens (tertiary/aromatic N) is 1. The molecule has 178 valence electrons. The molecule has 0 unspecified atom stereocenters. The van der Waals surface area contributed by atoms with Crippen LogP contribution in [-0.2, 0) is 11.3 Å². The summed E-state index contributed by atoms with van der Waals surface area (Å²) in [5.74, 6) is -1.23. The zero-order valence-corrected chi connectivity index (χ0v) is 22.2. The number of amides is 1. The molecule has 0 fully saturated rings. The third-order valence-electron chi connectivity index (χ3n) is 5.18. The highest BCUT2D eigenvalue weighted by molar-refractivity contribution is 14.1. The fraction of sp³-hybridized carbons (Fsp3) is 0.115. The van der Waals surface area contributed by atoms with E-state index in [9.17, 15) is 9.59 Å². The Morgan fingerprint density at radius 2 is 1.77 bits per heavy atom. The largest absolute Gasteiger partial charge is 0.481 e. The van der Waals surface area contributed by atoms with E-state index in [1.807, 2.05) is 53.9 Å². The van der Waals surface area contributed by atoms with Gasteiger partial charge in [-0.25, -0.2) is 4.98 Å². The molecule has 1 heterocycles. The summed E-state index contributed by atoms with van der Waals surface area (Å²) < 4.78 is 1.12. The van der Waals surface area contributed by atoms with Crippen molar-refractivity contribution in [1.82, 2.24) is 10.3 Å². The molecule has 0 atom stereocenters. The lowest BCUT2D eigenvalue weighted by Crippen LogP contribution is -2.25. The van der Waals surface area contributed by atoms with Gasteiger partial charge in [0, 0.05) is 49.4 Å². The van der Waals surface area contributed by atoms with E-state index in [2.05, 4.69) is 39.3 Å². The van der Waals surface area contributed by atoms with E-state index in [0.717, 1.165) is 36.6 Å². The Balaban J connectivity index is 1.45. The van der Waals surface area contributed by atoms with Crippen molar-refractivity contribution in [2.24, 2.45) is 0 Å². The second kappa shape index (κ2) is 11.7. The van der Waals surface area contributed by atoms with Gasteiger partial charge in [-0.05, 0) is 70.6 Å². The summed E-state index contributed by atoms with van der Waals surface area (Å²) in [6.07, 6.45) is -0.105. The predicted molar refractivity (Wildman–Crippen MR) is 149 cm³/mol. The maximum Gasteiger partial charge on any atom is 0.305 e. The molecule has 0 bridgehead atoms. The van der Waals surface area contributed by atoms with Crippen molar-refractivity contribution in [3.63, 3.8) is 0 Å². The van der Waals surface area contributed by atoms with Crippen LogP contribution in [0.25, 0.3) is 21.8 Å². The van der Waals surface area contributed by atoms with Gasteiger partial charge >= 0.3 is 5.97 Å². The minimum Gasteiger partial charge on any atom is -0.481 e. The Bertz CT molecular complexity index is 1340. The van der Waals surface area contributed by atoms with Crippen molar-refractivity contribution in [3.05, 3.63) is 91.8 Å². The van der Waals surface area contributed by atoms with Gasteiger partial charge < -0.3 is 15.7 Å². The first kappa shape index (κ1) is 25.2. The van der Waals surface area contributed by atoms with Gasteiger partial charge in [0.25, 0.3) is 5.91 Å². The Morgan fingerprint density at radius 3 is 2.49 bits per heavy atom. The normalized spacial score (nSPS) is 10.7. The highest BCUT2D eigenvalue weighted by Crippen LogP contribution is 2.35. The number of hydrogen-bond acceptors (Lipinski definition) is 5. The van der Waals surface area contributed by atoms with Crippen LogP contribution < -0.4 is 10.6 Å². The molecule has 6 nitrogen and oxygen atoms in total. The predicted octanol–water partition coefficient (Wildman–Crippen LogP) is 6.55. The molecule has 1 amide bonds. The number of aromatic nitrogens is 1. The molecule has 3 aromatic carbocycles. The number of rotatable bonds is 9. The SMILES string of the molecule is O=C(O)CCNC(=O)c1ccc(CNc2ccc(I)cc2-c2nc(-c3ccc(Cl)cc3)cs2)cc1. The molecule has 4 aromatic rings. The molecule has 0 aliphatic heterocycles. The van der Waals surface area contributed by atoms with Gasteiger partial charge in [-0.15, -0.1) is 11.3 Å². The molecule has 35 heavy (non-hydrogen) atoms. The summed E-state index contributed by atoms with van der Waals surface area (Å²) in [7, 11) is 0. The Morgan fingerprint density at radius 1 is 1.03 bits per heavy atom. The lowest BCUT2D eigenvalue weighted by atomic mass is 10.1. The Kier molecular flexibility index (Phi) is 8.37. The van der Waals surface area contributed by atoms with Crippen molar-refractivity contribution >= 4 is 63.1 Å². The van der Waals surface area contributed by atoms with Gasteiger partial charge in [-0.1, -0.05) is 35.9 Å². The van der Waals surface area contributed by atoms with Gasteiger partial charge in [0.1, 0.15) is 5.01 Å². The average Bonchev–Trinajstić information content (AvgIpc) is 3.34. The van der Waals surface area contributed by atoms with E-state index in [-0.39, 0.29) is 18.9 Å². The smallest absolute Gasteiger partial charge is 0.305 e. The minimum absolute atomic E-state index is 0.101. The van der Waals surface area contributed by atoms with Crippen LogP contribution in [0.2, 0.25) is 5.02 Å². The third kappa shape index (κ3) is 6.81. The first-order chi connectivity index (χ1) is 16.9. The van der Waals surface area contributed by atoms with Crippen LogP contribution in [0.4, 0.5) is 5.69 Å². The second-order valence-electron chi connectivity index (χ2n) is 7.68. The number of carbonyl (C=O) groups is 2. The fourth-order valence-corrected chi connectivity index (χ4v) is 4.83. The van der Waals surface area contributed by atoms with Crippen LogP contribution in [-0.4, -0.2) is 28.5 Å². The van der Waals surface area contributed by atoms with Crippen molar-refractivity contribution in [2.75, 3.05) is 11.9 Å². The topological polar surface area (TPSA) is 91.3 Å². The highest BCUT2D eigenvalue weighted by atomic mass is 127. The number of thiazole rings is 1. The zero-order valence-electron chi connectivity index (χ0n) is 18.4. The molecular formula is C26H21ClIN3O3S. The van der Waals surface area contributed by atoms with Crippen molar-refractivity contribution in [1.29, 1.82) is 0 Å². The number of benzene rings is 3. The van der Waals surface area contributed by atoms with Gasteiger partial charge in [0.05, 0.1) is 12.1 Å². The molecule has 0 spiro atoms. The van der Waals surface area contributed by atoms with E-state index < -0.39 is 5.97 Å². The number of carboxylic acid groups (broad SMARTS) is 1. The average molecular weight is 618 g/mol. The standard InChI is InChI=1S/C26H21ClIN3O3S/c27-19-7-5-17(6-8-19)23-15-35-26(31-23)21-13-20(28)9-10-22(21)30-14-16-1-3-18(4-2-16)25(34)29-12-11-24(32)33/h1-10,13,15,30H,11-12,14H2,(H,29,34)(H,32,33). The van der Waals surface area contributed by atoms with Crippen LogP contribution in [0.3, 0.4) is 0 Å². The molecule has 0 saturated heterocycles. The van der Waals surface area contributed by atoms with Gasteiger partial charge in [0.2, 0.25) is 0 Å². The molecule has 0 radical (unpaired) electrons. The molecule has 0 aliphatic rings. The molecule has 1 aromatic heterocycles. The summed E-state index contributed by atoms with van der Waals surface area (Å²) in [6.45, 7) is 0.674. The lowest BCUT2D eigenvalue weighted by Gasteiger charge is -2.12. The monoisotopic (exact) mass is 617 g/mol. The fourth-order valence-electron chi connectivity index (χ4n) is 3.35. The Hall–Kier alpha value is -2.95. The van der Waals surface area contributed by atoms with Gasteiger partial charge in [-0.2, -0.15) is 0 Å². The van der Waals surface area contributed by atoms with Crippen LogP contribution >= 0.6 is 45.5 Å². The van der Waals surface area contributed by atoms with Gasteiger partial charge in [0.15, 0.2) is 0 Å². The van der Waals surface area contributed by atoms with E-state index in [1.54, 1.807) is 23.5 Å². The van der Waals surface area contributed by atoms with Crippen LogP contribution in [0, 0.1) is 3.57 Å². The lowest BCUT2D eigenvalue weighted by molar-refractivity contribution is -0.136. The molecule has 0 aliphatic carbocycles. The van der Waals surface area contributed by atoms with Crippen molar-refractivity contribution in [3.8, 4) is 21.8 Å². The van der Waals surface area contributed by atoms with Crippen LogP contribution in [0.1, 0.15) is 22.3 Å². The zero-order chi connectivity index (χ0) is 24.8. The summed E-state index contributed by atoms with van der Waals surface area (Å²) in [4.78, 5) is 27.6. The molecule has 3 N–H and O–H groups in total.